The quantitative estimate of drug-likeness (QED) is 0.168. The van der Waals surface area contributed by atoms with Gasteiger partial charge in [0.05, 0.1) is 32.3 Å². The summed E-state index contributed by atoms with van der Waals surface area (Å²) in [6.45, 7) is 17.4. The van der Waals surface area contributed by atoms with Crippen LogP contribution < -0.4 is 9.47 Å². The van der Waals surface area contributed by atoms with E-state index in [9.17, 15) is 9.59 Å². The van der Waals surface area contributed by atoms with Crippen LogP contribution in [0, 0.1) is 5.92 Å². The van der Waals surface area contributed by atoms with Crippen LogP contribution in [0.1, 0.15) is 65.2 Å². The van der Waals surface area contributed by atoms with Gasteiger partial charge in [-0.1, -0.05) is 84.0 Å². The third kappa shape index (κ3) is 6.87. The average molecular weight is 582 g/mol. The molecule has 3 atom stereocenters. The van der Waals surface area contributed by atoms with Crippen LogP contribution in [0.3, 0.4) is 0 Å². The summed E-state index contributed by atoms with van der Waals surface area (Å²) in [6.07, 6.45) is 1.33. The second kappa shape index (κ2) is 14.2. The zero-order valence-corrected chi connectivity index (χ0v) is 26.9. The average Bonchev–Trinajstić information content (AvgIpc) is 3.31. The van der Waals surface area contributed by atoms with Crippen molar-refractivity contribution in [2.45, 2.75) is 83.2 Å². The van der Waals surface area contributed by atoms with E-state index in [0.29, 0.717) is 24.3 Å². The molecule has 7 nitrogen and oxygen atoms in total. The van der Waals surface area contributed by atoms with Gasteiger partial charge in [0.2, 0.25) is 14.2 Å². The van der Waals surface area contributed by atoms with E-state index in [1.165, 1.54) is 4.90 Å². The number of imide groups is 1. The van der Waals surface area contributed by atoms with Crippen molar-refractivity contribution in [3.63, 3.8) is 0 Å². The molecule has 1 heterocycles. The summed E-state index contributed by atoms with van der Waals surface area (Å²) < 4.78 is 23.9. The van der Waals surface area contributed by atoms with Gasteiger partial charge in [-0.3, -0.25) is 4.79 Å². The van der Waals surface area contributed by atoms with Crippen LogP contribution in [0.15, 0.2) is 61.2 Å². The van der Waals surface area contributed by atoms with Crippen molar-refractivity contribution in [2.75, 3.05) is 20.8 Å². The van der Waals surface area contributed by atoms with Gasteiger partial charge in [-0.25, -0.2) is 9.69 Å². The standard InChI is InChI=1S/C33H47NO6Si/c1-10-14-28(32(35)34-27(21-39-33(34)36)19-25-15-12-11-13-16-25)31(26-17-18-29(37-8)30(20-26)38-9)40-41(22(2)3,23(4)5)24(6)7/h10-13,15-18,20,22-24,27-28,31H,1,14,19,21H2,2-9H3/t27-,28-,31+/m1/s1. The minimum absolute atomic E-state index is 0.158. The second-order valence-corrected chi connectivity index (χ2v) is 17.1. The third-order valence-corrected chi connectivity index (χ3v) is 14.5. The van der Waals surface area contributed by atoms with Crippen molar-refractivity contribution in [2.24, 2.45) is 5.92 Å². The number of carbonyl (C=O) groups excluding carboxylic acids is 2. The number of benzene rings is 2. The molecule has 2 amide bonds. The van der Waals surface area contributed by atoms with E-state index in [1.54, 1.807) is 20.3 Å². The third-order valence-electron chi connectivity index (χ3n) is 8.39. The van der Waals surface area contributed by atoms with Crippen molar-refractivity contribution in [3.05, 3.63) is 72.3 Å². The molecule has 0 spiro atoms. The zero-order valence-electron chi connectivity index (χ0n) is 25.9. The number of methoxy groups -OCH3 is 2. The van der Waals surface area contributed by atoms with E-state index < -0.39 is 32.5 Å². The van der Waals surface area contributed by atoms with Crippen molar-refractivity contribution >= 4 is 20.3 Å². The Labute approximate surface area is 246 Å². The molecule has 3 rings (SSSR count). The minimum Gasteiger partial charge on any atom is -0.493 e. The van der Waals surface area contributed by atoms with E-state index >= 15 is 0 Å². The lowest BCUT2D eigenvalue weighted by atomic mass is 9.90. The van der Waals surface area contributed by atoms with Crippen LogP contribution in [0.25, 0.3) is 0 Å². The Morgan fingerprint density at radius 1 is 1.00 bits per heavy atom. The van der Waals surface area contributed by atoms with Gasteiger partial charge in [0.1, 0.15) is 6.61 Å². The monoisotopic (exact) mass is 581 g/mol. The largest absolute Gasteiger partial charge is 0.493 e. The van der Waals surface area contributed by atoms with Gasteiger partial charge in [0.25, 0.3) is 0 Å². The molecular weight excluding hydrogens is 534 g/mol. The Balaban J connectivity index is 2.14. The Bertz CT molecular complexity index is 1160. The number of nitrogens with zero attached hydrogens (tertiary/aromatic N) is 1. The fourth-order valence-electron chi connectivity index (χ4n) is 6.52. The fourth-order valence-corrected chi connectivity index (χ4v) is 12.1. The lowest BCUT2D eigenvalue weighted by Crippen LogP contribution is -2.51. The first-order chi connectivity index (χ1) is 19.5. The summed E-state index contributed by atoms with van der Waals surface area (Å²) in [5.41, 5.74) is 2.69. The van der Waals surface area contributed by atoms with Crippen LogP contribution in [0.2, 0.25) is 16.6 Å². The summed E-state index contributed by atoms with van der Waals surface area (Å²) in [4.78, 5) is 28.9. The number of hydrogen-bond acceptors (Lipinski definition) is 6. The van der Waals surface area contributed by atoms with Crippen molar-refractivity contribution in [3.8, 4) is 11.5 Å². The first kappa shape index (κ1) is 32.4. The van der Waals surface area contributed by atoms with Gasteiger partial charge in [-0.2, -0.15) is 0 Å². The van der Waals surface area contributed by atoms with Gasteiger partial charge < -0.3 is 18.6 Å². The predicted molar refractivity (Wildman–Crippen MR) is 165 cm³/mol. The van der Waals surface area contributed by atoms with Crippen LogP contribution >= 0.6 is 0 Å². The molecule has 2 aromatic carbocycles. The lowest BCUT2D eigenvalue weighted by Gasteiger charge is -2.46. The Morgan fingerprint density at radius 2 is 1.61 bits per heavy atom. The normalized spacial score (nSPS) is 17.1. The summed E-state index contributed by atoms with van der Waals surface area (Å²) in [6, 6.07) is 15.1. The Kier molecular flexibility index (Phi) is 11.2. The smallest absolute Gasteiger partial charge is 0.416 e. The molecule has 1 aliphatic heterocycles. The molecule has 1 fully saturated rings. The van der Waals surface area contributed by atoms with Crippen molar-refractivity contribution in [1.29, 1.82) is 0 Å². The molecule has 0 N–H and O–H groups in total. The van der Waals surface area contributed by atoms with Gasteiger partial charge in [-0.05, 0) is 52.7 Å². The van der Waals surface area contributed by atoms with Gasteiger partial charge in [0.15, 0.2) is 11.5 Å². The molecule has 0 unspecified atom stereocenters. The van der Waals surface area contributed by atoms with E-state index in [0.717, 1.165) is 11.1 Å². The highest BCUT2D eigenvalue weighted by Gasteiger charge is 2.50. The lowest BCUT2D eigenvalue weighted by molar-refractivity contribution is -0.137. The van der Waals surface area contributed by atoms with Crippen LogP contribution in [0.4, 0.5) is 4.79 Å². The maximum atomic E-state index is 14.5. The summed E-state index contributed by atoms with van der Waals surface area (Å²) in [5, 5.41) is 0. The number of allylic oxidation sites excluding steroid dienone is 1. The zero-order chi connectivity index (χ0) is 30.3. The van der Waals surface area contributed by atoms with Gasteiger partial charge in [0, 0.05) is 0 Å². The maximum Gasteiger partial charge on any atom is 0.416 e. The van der Waals surface area contributed by atoms with Crippen molar-refractivity contribution in [1.82, 2.24) is 4.90 Å². The molecule has 0 aliphatic carbocycles. The van der Waals surface area contributed by atoms with E-state index in [2.05, 4.69) is 48.1 Å². The fraction of sp³-hybridized carbons (Fsp3) is 0.515. The summed E-state index contributed by atoms with van der Waals surface area (Å²) in [7, 11) is 0.696. The first-order valence-electron chi connectivity index (χ1n) is 14.6. The number of ether oxygens (including phenoxy) is 3. The highest BCUT2D eigenvalue weighted by molar-refractivity contribution is 6.77. The molecule has 8 heteroatoms. The molecular formula is C33H47NO6Si. The number of rotatable bonds is 14. The molecule has 1 saturated heterocycles. The van der Waals surface area contributed by atoms with E-state index in [-0.39, 0.29) is 29.1 Å². The SMILES string of the molecule is C=CC[C@@H](C(=O)N1C(=O)OC[C@H]1Cc1ccccc1)[C@@H](O[Si](C(C)C)(C(C)C)C(C)C)c1ccc(OC)c(OC)c1. The molecule has 224 valence electrons. The minimum atomic E-state index is -2.49. The van der Waals surface area contributed by atoms with Crippen LogP contribution in [0.5, 0.6) is 11.5 Å². The number of carbonyl (C=O) groups is 2. The predicted octanol–water partition coefficient (Wildman–Crippen LogP) is 7.72. The van der Waals surface area contributed by atoms with Crippen molar-refractivity contribution < 1.29 is 28.2 Å². The number of amides is 2. The molecule has 0 bridgehead atoms. The molecule has 0 radical (unpaired) electrons. The molecule has 41 heavy (non-hydrogen) atoms. The second-order valence-electron chi connectivity index (χ2n) is 11.7. The molecule has 0 saturated carbocycles. The Morgan fingerprint density at radius 3 is 2.15 bits per heavy atom. The first-order valence-corrected chi connectivity index (χ1v) is 16.7. The number of cyclic esters (lactones) is 1. The highest BCUT2D eigenvalue weighted by atomic mass is 28.4. The maximum absolute atomic E-state index is 14.5. The van der Waals surface area contributed by atoms with Gasteiger partial charge in [-0.15, -0.1) is 6.58 Å². The molecule has 0 aromatic heterocycles. The topological polar surface area (TPSA) is 74.3 Å². The van der Waals surface area contributed by atoms with E-state index in [1.807, 2.05) is 48.5 Å². The summed E-state index contributed by atoms with van der Waals surface area (Å²) in [5.74, 6) is 0.134. The summed E-state index contributed by atoms with van der Waals surface area (Å²) >= 11 is 0. The van der Waals surface area contributed by atoms with Crippen LogP contribution in [-0.2, 0) is 20.4 Å². The molecule has 1 aliphatic rings. The van der Waals surface area contributed by atoms with Crippen LogP contribution in [-0.4, -0.2) is 52.1 Å². The molecule has 2 aromatic rings. The highest BCUT2D eigenvalue weighted by Crippen LogP contribution is 2.48. The van der Waals surface area contributed by atoms with Gasteiger partial charge >= 0.3 is 6.09 Å². The Hall–Kier alpha value is -3.10. The van der Waals surface area contributed by atoms with E-state index in [4.69, 9.17) is 18.6 Å². The number of hydrogen-bond donors (Lipinski definition) is 0.